The largest absolute Gasteiger partial charge is 0.507 e. The molecule has 6 nitrogen and oxygen atoms in total. The van der Waals surface area contributed by atoms with Gasteiger partial charge in [0.05, 0.1) is 19.6 Å². The molecule has 0 saturated heterocycles. The number of fused-ring (bicyclic) bond motifs is 3. The third-order valence-electron chi connectivity index (χ3n) is 3.43. The van der Waals surface area contributed by atoms with Gasteiger partial charge >= 0.3 is 11.9 Å². The van der Waals surface area contributed by atoms with Crippen LogP contribution in [0.2, 0.25) is 0 Å². The van der Waals surface area contributed by atoms with Crippen molar-refractivity contribution in [2.45, 2.75) is 0 Å². The van der Waals surface area contributed by atoms with E-state index in [9.17, 15) is 14.7 Å². The molecule has 0 aliphatic carbocycles. The molecule has 6 heteroatoms. The van der Waals surface area contributed by atoms with Crippen LogP contribution >= 0.6 is 0 Å². The maximum atomic E-state index is 11.8. The number of carbonyl (C=O) groups is 2. The van der Waals surface area contributed by atoms with E-state index >= 15 is 0 Å². The second kappa shape index (κ2) is 5.07. The molecule has 0 bridgehead atoms. The average Bonchev–Trinajstić information content (AvgIpc) is 2.93. The van der Waals surface area contributed by atoms with Crippen molar-refractivity contribution in [1.29, 1.82) is 0 Å². The van der Waals surface area contributed by atoms with Gasteiger partial charge in [0.2, 0.25) is 0 Å². The summed E-state index contributed by atoms with van der Waals surface area (Å²) in [5, 5.41) is 11.0. The number of aromatic hydroxyl groups is 1. The molecule has 1 aromatic heterocycles. The van der Waals surface area contributed by atoms with Crippen molar-refractivity contribution in [3.05, 3.63) is 41.5 Å². The zero-order chi connectivity index (χ0) is 15.9. The first-order valence-electron chi connectivity index (χ1n) is 6.42. The van der Waals surface area contributed by atoms with Crippen molar-refractivity contribution < 1.29 is 28.6 Å². The topological polar surface area (TPSA) is 86.0 Å². The number of carbonyl (C=O) groups excluding carboxylic acids is 2. The molecular weight excluding hydrogens is 288 g/mol. The van der Waals surface area contributed by atoms with Crippen LogP contribution in [0, 0.1) is 0 Å². The lowest BCUT2D eigenvalue weighted by molar-refractivity contribution is 0.0594. The quantitative estimate of drug-likeness (QED) is 0.732. The number of furan rings is 1. The van der Waals surface area contributed by atoms with Crippen molar-refractivity contribution in [3.8, 4) is 5.75 Å². The third-order valence-corrected chi connectivity index (χ3v) is 3.43. The van der Waals surface area contributed by atoms with Crippen molar-refractivity contribution in [2.75, 3.05) is 14.2 Å². The molecule has 112 valence electrons. The lowest BCUT2D eigenvalue weighted by Gasteiger charge is -2.01. The van der Waals surface area contributed by atoms with Gasteiger partial charge in [0.15, 0.2) is 5.58 Å². The summed E-state index contributed by atoms with van der Waals surface area (Å²) in [4.78, 5) is 23.7. The van der Waals surface area contributed by atoms with E-state index in [4.69, 9.17) is 13.9 Å². The van der Waals surface area contributed by atoms with Gasteiger partial charge in [-0.25, -0.2) is 9.59 Å². The normalized spacial score (nSPS) is 10.8. The number of methoxy groups -OCH3 is 2. The van der Waals surface area contributed by atoms with Crippen LogP contribution in [0.5, 0.6) is 5.75 Å². The molecule has 0 radical (unpaired) electrons. The standard InChI is InChI=1S/C16H12O6/c1-20-15(18)9-5-3-4-8-12-11(17)7-6-10(16(19)21-2)14(12)22-13(8)9/h3-7,17H,1-2H3. The van der Waals surface area contributed by atoms with Gasteiger partial charge in [-0.1, -0.05) is 12.1 Å². The maximum absolute atomic E-state index is 11.8. The molecule has 0 aliphatic rings. The third kappa shape index (κ3) is 1.88. The lowest BCUT2D eigenvalue weighted by atomic mass is 10.1. The maximum Gasteiger partial charge on any atom is 0.341 e. The predicted octanol–water partition coefficient (Wildman–Crippen LogP) is 2.86. The monoisotopic (exact) mass is 300 g/mol. The summed E-state index contributed by atoms with van der Waals surface area (Å²) in [6.07, 6.45) is 0. The van der Waals surface area contributed by atoms with Crippen LogP contribution in [-0.2, 0) is 9.47 Å². The SMILES string of the molecule is COC(=O)c1cccc2c1oc1c(C(=O)OC)ccc(O)c12. The van der Waals surface area contributed by atoms with Gasteiger partial charge in [-0.2, -0.15) is 0 Å². The van der Waals surface area contributed by atoms with Gasteiger partial charge in [-0.05, 0) is 18.2 Å². The van der Waals surface area contributed by atoms with E-state index in [1.807, 2.05) is 0 Å². The van der Waals surface area contributed by atoms with Gasteiger partial charge in [-0.3, -0.25) is 0 Å². The van der Waals surface area contributed by atoms with Crippen LogP contribution in [0.1, 0.15) is 20.7 Å². The first-order valence-corrected chi connectivity index (χ1v) is 6.42. The minimum absolute atomic E-state index is 0.0524. The molecule has 0 fully saturated rings. The Morgan fingerprint density at radius 2 is 1.59 bits per heavy atom. The van der Waals surface area contributed by atoms with Gasteiger partial charge in [0, 0.05) is 5.39 Å². The Bertz CT molecular complexity index is 906. The summed E-state index contributed by atoms with van der Waals surface area (Å²) in [6, 6.07) is 7.67. The average molecular weight is 300 g/mol. The Labute approximate surface area is 124 Å². The number of phenolic OH excluding ortho intramolecular Hbond substituents is 1. The predicted molar refractivity (Wildman–Crippen MR) is 78.1 cm³/mol. The van der Waals surface area contributed by atoms with Crippen LogP contribution in [0.4, 0.5) is 0 Å². The minimum atomic E-state index is -0.594. The molecule has 1 N–H and O–H groups in total. The molecule has 1 heterocycles. The number of ether oxygens (including phenoxy) is 2. The summed E-state index contributed by atoms with van der Waals surface area (Å²) >= 11 is 0. The highest BCUT2D eigenvalue weighted by Crippen LogP contribution is 2.38. The molecule has 22 heavy (non-hydrogen) atoms. The van der Waals surface area contributed by atoms with E-state index in [0.717, 1.165) is 0 Å². The number of para-hydroxylation sites is 1. The first kappa shape index (κ1) is 13.9. The summed E-state index contributed by atoms with van der Waals surface area (Å²) in [5.41, 5.74) is 0.794. The Kier molecular flexibility index (Phi) is 3.21. The Morgan fingerprint density at radius 1 is 0.955 bits per heavy atom. The van der Waals surface area contributed by atoms with Gasteiger partial charge in [0.1, 0.15) is 22.5 Å². The summed E-state index contributed by atoms with van der Waals surface area (Å²) in [5.74, 6) is -1.21. The highest BCUT2D eigenvalue weighted by Gasteiger charge is 2.22. The fraction of sp³-hybridized carbons (Fsp3) is 0.125. The Balaban J connectivity index is 2.45. The number of rotatable bonds is 2. The smallest absolute Gasteiger partial charge is 0.341 e. The van der Waals surface area contributed by atoms with Crippen LogP contribution < -0.4 is 0 Å². The van der Waals surface area contributed by atoms with E-state index in [-0.39, 0.29) is 28.0 Å². The Hall–Kier alpha value is -3.02. The number of esters is 2. The first-order chi connectivity index (χ1) is 10.6. The molecule has 2 aromatic carbocycles. The van der Waals surface area contributed by atoms with E-state index in [2.05, 4.69) is 0 Å². The Morgan fingerprint density at radius 3 is 2.23 bits per heavy atom. The van der Waals surface area contributed by atoms with Crippen molar-refractivity contribution in [3.63, 3.8) is 0 Å². The van der Waals surface area contributed by atoms with E-state index in [0.29, 0.717) is 10.8 Å². The van der Waals surface area contributed by atoms with E-state index in [1.165, 1.54) is 26.4 Å². The fourth-order valence-electron chi connectivity index (χ4n) is 2.43. The number of benzene rings is 2. The zero-order valence-electron chi connectivity index (χ0n) is 11.9. The highest BCUT2D eigenvalue weighted by molar-refractivity contribution is 6.17. The van der Waals surface area contributed by atoms with Gasteiger partial charge in [0.25, 0.3) is 0 Å². The highest BCUT2D eigenvalue weighted by atomic mass is 16.5. The van der Waals surface area contributed by atoms with Gasteiger partial charge < -0.3 is 19.0 Å². The van der Waals surface area contributed by atoms with Crippen molar-refractivity contribution in [1.82, 2.24) is 0 Å². The second-order valence-electron chi connectivity index (χ2n) is 4.60. The summed E-state index contributed by atoms with van der Waals surface area (Å²) in [6.45, 7) is 0. The molecule has 0 amide bonds. The van der Waals surface area contributed by atoms with Crippen LogP contribution in [0.25, 0.3) is 21.9 Å². The summed E-state index contributed by atoms with van der Waals surface area (Å²) in [7, 11) is 2.52. The molecular formula is C16H12O6. The number of hydrogen-bond donors (Lipinski definition) is 1. The molecule has 0 unspecified atom stereocenters. The molecule has 0 saturated carbocycles. The van der Waals surface area contributed by atoms with Crippen LogP contribution in [-0.4, -0.2) is 31.3 Å². The molecule has 3 rings (SSSR count). The van der Waals surface area contributed by atoms with Crippen LogP contribution in [0.3, 0.4) is 0 Å². The van der Waals surface area contributed by atoms with Crippen LogP contribution in [0.15, 0.2) is 34.7 Å². The molecule has 3 aromatic rings. The van der Waals surface area contributed by atoms with Crippen molar-refractivity contribution >= 4 is 33.9 Å². The molecule has 0 spiro atoms. The fourth-order valence-corrected chi connectivity index (χ4v) is 2.43. The lowest BCUT2D eigenvalue weighted by Crippen LogP contribution is -2.01. The summed E-state index contributed by atoms with van der Waals surface area (Å²) < 4.78 is 15.1. The van der Waals surface area contributed by atoms with Gasteiger partial charge in [-0.15, -0.1) is 0 Å². The van der Waals surface area contributed by atoms with E-state index < -0.39 is 11.9 Å². The number of hydrogen-bond acceptors (Lipinski definition) is 6. The molecule has 0 aliphatic heterocycles. The van der Waals surface area contributed by atoms with E-state index in [1.54, 1.807) is 18.2 Å². The zero-order valence-corrected chi connectivity index (χ0v) is 11.9. The molecule has 0 atom stereocenters. The second-order valence-corrected chi connectivity index (χ2v) is 4.60. The minimum Gasteiger partial charge on any atom is -0.507 e. The van der Waals surface area contributed by atoms with Crippen molar-refractivity contribution in [2.24, 2.45) is 0 Å². The number of phenols is 1.